The molecule has 29 heavy (non-hydrogen) atoms. The number of phenolic OH excluding ortho intramolecular Hbond substituents is 1. The van der Waals surface area contributed by atoms with E-state index in [4.69, 9.17) is 4.74 Å². The van der Waals surface area contributed by atoms with Crippen LogP contribution in [0.1, 0.15) is 31.0 Å². The van der Waals surface area contributed by atoms with Crippen molar-refractivity contribution in [1.82, 2.24) is 10.6 Å². The molecule has 0 aliphatic heterocycles. The van der Waals surface area contributed by atoms with E-state index >= 15 is 0 Å². The lowest BCUT2D eigenvalue weighted by Crippen LogP contribution is -2.38. The first-order chi connectivity index (χ1) is 13.6. The van der Waals surface area contributed by atoms with Gasteiger partial charge in [0.25, 0.3) is 0 Å². The summed E-state index contributed by atoms with van der Waals surface area (Å²) in [6, 6.07) is 20.2. The Labute approximate surface area is 189 Å². The Morgan fingerprint density at radius 3 is 2.59 bits per heavy atom. The van der Waals surface area contributed by atoms with E-state index in [1.807, 2.05) is 13.0 Å². The van der Waals surface area contributed by atoms with Crippen LogP contribution in [0.5, 0.6) is 11.5 Å². The SMILES string of the molecule is CCNC(=NCc1ccc(OC)c(O)c1)NC(C)c1cccc2ccccc12.I. The standard InChI is InChI=1S/C23H27N3O2.HI/c1-4-24-23(25-15-17-12-13-22(28-3)21(27)14-17)26-16(2)19-11-7-9-18-8-5-6-10-20(18)19;/h5-14,16,27H,4,15H2,1-3H3,(H2,24,25,26);1H. The second-order valence-corrected chi connectivity index (χ2v) is 6.64. The molecule has 3 aromatic carbocycles. The fraction of sp³-hybridized carbons (Fsp3) is 0.261. The van der Waals surface area contributed by atoms with Gasteiger partial charge in [-0.05, 0) is 47.9 Å². The molecule has 0 radical (unpaired) electrons. The third kappa shape index (κ3) is 5.76. The highest BCUT2D eigenvalue weighted by molar-refractivity contribution is 14.0. The average Bonchev–Trinajstić information content (AvgIpc) is 2.71. The molecule has 0 saturated heterocycles. The van der Waals surface area contributed by atoms with E-state index in [2.05, 4.69) is 65.0 Å². The maximum absolute atomic E-state index is 9.95. The van der Waals surface area contributed by atoms with Crippen molar-refractivity contribution in [1.29, 1.82) is 0 Å². The van der Waals surface area contributed by atoms with Crippen LogP contribution in [0.3, 0.4) is 0 Å². The fourth-order valence-corrected chi connectivity index (χ4v) is 3.24. The fourth-order valence-electron chi connectivity index (χ4n) is 3.24. The number of hydrogen-bond donors (Lipinski definition) is 3. The monoisotopic (exact) mass is 505 g/mol. The number of hydrogen-bond acceptors (Lipinski definition) is 3. The lowest BCUT2D eigenvalue weighted by molar-refractivity contribution is 0.373. The molecule has 0 aliphatic carbocycles. The van der Waals surface area contributed by atoms with E-state index in [0.717, 1.165) is 18.1 Å². The smallest absolute Gasteiger partial charge is 0.192 e. The molecule has 3 aromatic rings. The van der Waals surface area contributed by atoms with E-state index in [1.165, 1.54) is 23.4 Å². The lowest BCUT2D eigenvalue weighted by Gasteiger charge is -2.20. The molecular weight excluding hydrogens is 477 g/mol. The highest BCUT2D eigenvalue weighted by atomic mass is 127. The maximum atomic E-state index is 9.95. The van der Waals surface area contributed by atoms with Crippen molar-refractivity contribution in [3.63, 3.8) is 0 Å². The normalized spacial score (nSPS) is 12.2. The summed E-state index contributed by atoms with van der Waals surface area (Å²) < 4.78 is 5.09. The molecule has 0 bridgehead atoms. The quantitative estimate of drug-likeness (QED) is 0.251. The van der Waals surface area contributed by atoms with Crippen molar-refractivity contribution in [3.05, 3.63) is 71.8 Å². The van der Waals surface area contributed by atoms with Gasteiger partial charge in [0, 0.05) is 6.54 Å². The molecule has 0 amide bonds. The first-order valence-electron chi connectivity index (χ1n) is 9.50. The van der Waals surface area contributed by atoms with Gasteiger partial charge in [-0.15, -0.1) is 24.0 Å². The average molecular weight is 505 g/mol. The molecule has 0 spiro atoms. The topological polar surface area (TPSA) is 65.9 Å². The molecular formula is C23H28IN3O2. The predicted molar refractivity (Wildman–Crippen MR) is 130 cm³/mol. The lowest BCUT2D eigenvalue weighted by atomic mass is 10.00. The molecule has 3 N–H and O–H groups in total. The van der Waals surface area contributed by atoms with Gasteiger partial charge in [0.05, 0.1) is 19.7 Å². The zero-order valence-electron chi connectivity index (χ0n) is 17.0. The Morgan fingerprint density at radius 1 is 1.10 bits per heavy atom. The minimum absolute atomic E-state index is 0. The summed E-state index contributed by atoms with van der Waals surface area (Å²) in [6.45, 7) is 5.39. The number of fused-ring (bicyclic) bond motifs is 1. The molecule has 0 fully saturated rings. The number of aromatic hydroxyl groups is 1. The van der Waals surface area contributed by atoms with Crippen LogP contribution in [0.25, 0.3) is 10.8 Å². The van der Waals surface area contributed by atoms with Crippen molar-refractivity contribution >= 4 is 40.7 Å². The van der Waals surface area contributed by atoms with Crippen molar-refractivity contribution in [2.75, 3.05) is 13.7 Å². The summed E-state index contributed by atoms with van der Waals surface area (Å²) in [7, 11) is 1.54. The van der Waals surface area contributed by atoms with Gasteiger partial charge in [-0.2, -0.15) is 0 Å². The Balaban J connectivity index is 0.00000300. The van der Waals surface area contributed by atoms with Crippen LogP contribution in [0.2, 0.25) is 0 Å². The largest absolute Gasteiger partial charge is 0.504 e. The molecule has 6 heteroatoms. The number of phenols is 1. The molecule has 0 aliphatic rings. The number of halogens is 1. The molecule has 0 heterocycles. The summed E-state index contributed by atoms with van der Waals surface area (Å²) in [5.74, 6) is 1.32. The van der Waals surface area contributed by atoms with Crippen molar-refractivity contribution in [2.45, 2.75) is 26.4 Å². The van der Waals surface area contributed by atoms with Crippen LogP contribution >= 0.6 is 24.0 Å². The zero-order chi connectivity index (χ0) is 19.9. The number of benzene rings is 3. The molecule has 5 nitrogen and oxygen atoms in total. The first kappa shape index (κ1) is 22.8. The van der Waals surface area contributed by atoms with Gasteiger partial charge < -0.3 is 20.5 Å². The Bertz CT molecular complexity index is 970. The molecule has 154 valence electrons. The number of methoxy groups -OCH3 is 1. The van der Waals surface area contributed by atoms with E-state index < -0.39 is 0 Å². The maximum Gasteiger partial charge on any atom is 0.192 e. The summed E-state index contributed by atoms with van der Waals surface area (Å²) in [5.41, 5.74) is 2.14. The zero-order valence-corrected chi connectivity index (χ0v) is 19.3. The van der Waals surface area contributed by atoms with E-state index in [9.17, 15) is 5.11 Å². The van der Waals surface area contributed by atoms with Gasteiger partial charge in [0.2, 0.25) is 0 Å². The van der Waals surface area contributed by atoms with Crippen molar-refractivity contribution in [3.8, 4) is 11.5 Å². The van der Waals surface area contributed by atoms with Gasteiger partial charge in [-0.3, -0.25) is 0 Å². The Hall–Kier alpha value is -2.48. The Kier molecular flexibility index (Phi) is 8.57. The van der Waals surface area contributed by atoms with Crippen LogP contribution < -0.4 is 15.4 Å². The number of nitrogens with one attached hydrogen (secondary N) is 2. The number of rotatable bonds is 6. The van der Waals surface area contributed by atoms with Crippen LogP contribution in [0, 0.1) is 0 Å². The third-order valence-electron chi connectivity index (χ3n) is 4.65. The summed E-state index contributed by atoms with van der Waals surface area (Å²) in [6.07, 6.45) is 0. The number of guanidine groups is 1. The predicted octanol–water partition coefficient (Wildman–Crippen LogP) is 4.99. The Morgan fingerprint density at radius 2 is 1.86 bits per heavy atom. The van der Waals surface area contributed by atoms with Gasteiger partial charge in [-0.25, -0.2) is 4.99 Å². The first-order valence-corrected chi connectivity index (χ1v) is 9.50. The van der Waals surface area contributed by atoms with Gasteiger partial charge in [-0.1, -0.05) is 48.5 Å². The van der Waals surface area contributed by atoms with Crippen LogP contribution in [0.4, 0.5) is 0 Å². The molecule has 1 atom stereocenters. The second-order valence-electron chi connectivity index (χ2n) is 6.64. The van der Waals surface area contributed by atoms with Crippen LogP contribution in [0.15, 0.2) is 65.7 Å². The minimum Gasteiger partial charge on any atom is -0.504 e. The van der Waals surface area contributed by atoms with Gasteiger partial charge in [0.15, 0.2) is 17.5 Å². The summed E-state index contributed by atoms with van der Waals surface area (Å²) in [4.78, 5) is 4.67. The van der Waals surface area contributed by atoms with E-state index in [1.54, 1.807) is 12.1 Å². The van der Waals surface area contributed by atoms with E-state index in [0.29, 0.717) is 12.3 Å². The second kappa shape index (κ2) is 10.9. The number of ether oxygens (including phenoxy) is 1. The van der Waals surface area contributed by atoms with Crippen molar-refractivity contribution < 1.29 is 9.84 Å². The molecule has 0 saturated carbocycles. The number of aliphatic imine (C=N–C) groups is 1. The van der Waals surface area contributed by atoms with Crippen LogP contribution in [-0.4, -0.2) is 24.7 Å². The molecule has 0 aromatic heterocycles. The molecule has 3 rings (SSSR count). The minimum atomic E-state index is 0. The third-order valence-corrected chi connectivity index (χ3v) is 4.65. The van der Waals surface area contributed by atoms with Crippen molar-refractivity contribution in [2.24, 2.45) is 4.99 Å². The summed E-state index contributed by atoms with van der Waals surface area (Å²) >= 11 is 0. The van der Waals surface area contributed by atoms with Crippen LogP contribution in [-0.2, 0) is 6.54 Å². The van der Waals surface area contributed by atoms with Gasteiger partial charge in [0.1, 0.15) is 0 Å². The summed E-state index contributed by atoms with van der Waals surface area (Å²) in [5, 5.41) is 19.2. The highest BCUT2D eigenvalue weighted by Gasteiger charge is 2.11. The molecule has 1 unspecified atom stereocenters. The number of nitrogens with zero attached hydrogens (tertiary/aromatic N) is 1. The van der Waals surface area contributed by atoms with E-state index in [-0.39, 0.29) is 35.8 Å². The van der Waals surface area contributed by atoms with Gasteiger partial charge >= 0.3 is 0 Å². The highest BCUT2D eigenvalue weighted by Crippen LogP contribution is 2.27.